The van der Waals surface area contributed by atoms with E-state index in [9.17, 15) is 0 Å². The Morgan fingerprint density at radius 1 is 1.11 bits per heavy atom. The first-order valence-electron chi connectivity index (χ1n) is 6.11. The number of benzene rings is 2. The monoisotopic (exact) mass is 355 g/mol. The van der Waals surface area contributed by atoms with Crippen molar-refractivity contribution < 1.29 is 0 Å². The lowest BCUT2D eigenvalue weighted by Gasteiger charge is -2.08. The Hall–Kier alpha value is -0.480. The highest BCUT2D eigenvalue weighted by Gasteiger charge is 2.03. The summed E-state index contributed by atoms with van der Waals surface area (Å²) in [6.07, 6.45) is 0. The van der Waals surface area contributed by atoms with E-state index < -0.39 is 0 Å². The smallest absolute Gasteiger partial charge is 0.0406 e. The van der Waals surface area contributed by atoms with E-state index in [4.69, 9.17) is 11.6 Å². The van der Waals surface area contributed by atoms with Crippen LogP contribution in [0.4, 0.5) is 0 Å². The minimum Gasteiger partial charge on any atom is -0.313 e. The first kappa shape index (κ1) is 14.9. The van der Waals surface area contributed by atoms with Gasteiger partial charge < -0.3 is 5.32 Å². The van der Waals surface area contributed by atoms with Gasteiger partial charge in [0.2, 0.25) is 0 Å². The number of rotatable bonds is 5. The normalized spacial score (nSPS) is 10.7. The van der Waals surface area contributed by atoms with Crippen LogP contribution in [0.3, 0.4) is 0 Å². The molecule has 0 aliphatic rings. The summed E-state index contributed by atoms with van der Waals surface area (Å²) in [7, 11) is 0. The molecule has 0 unspecified atom stereocenters. The zero-order chi connectivity index (χ0) is 13.7. The third-order valence-electron chi connectivity index (χ3n) is 2.64. The third-order valence-corrected chi connectivity index (χ3v) is 4.63. The van der Waals surface area contributed by atoms with Gasteiger partial charge in [0.25, 0.3) is 0 Å². The lowest BCUT2D eigenvalue weighted by molar-refractivity contribution is 0.724. The van der Waals surface area contributed by atoms with E-state index in [0.29, 0.717) is 0 Å². The fourth-order valence-corrected chi connectivity index (χ4v) is 3.29. The van der Waals surface area contributed by atoms with Gasteiger partial charge in [-0.2, -0.15) is 0 Å². The number of hydrogen-bond acceptors (Lipinski definition) is 2. The zero-order valence-corrected chi connectivity index (χ0v) is 13.8. The SMILES string of the molecule is CCNCc1ccc(Sc2ccc(Cl)cc2)cc1Br. The van der Waals surface area contributed by atoms with Crippen molar-refractivity contribution in [2.75, 3.05) is 6.54 Å². The molecule has 2 rings (SSSR count). The van der Waals surface area contributed by atoms with Gasteiger partial charge in [-0.1, -0.05) is 52.3 Å². The van der Waals surface area contributed by atoms with E-state index >= 15 is 0 Å². The summed E-state index contributed by atoms with van der Waals surface area (Å²) in [5.74, 6) is 0. The fraction of sp³-hybridized carbons (Fsp3) is 0.200. The molecule has 0 aromatic heterocycles. The molecule has 0 bridgehead atoms. The molecule has 0 atom stereocenters. The van der Waals surface area contributed by atoms with Gasteiger partial charge in [0.05, 0.1) is 0 Å². The van der Waals surface area contributed by atoms with Crippen molar-refractivity contribution in [2.24, 2.45) is 0 Å². The maximum Gasteiger partial charge on any atom is 0.0406 e. The van der Waals surface area contributed by atoms with Crippen molar-refractivity contribution in [1.82, 2.24) is 5.32 Å². The Bertz CT molecular complexity index is 542. The van der Waals surface area contributed by atoms with E-state index in [-0.39, 0.29) is 0 Å². The van der Waals surface area contributed by atoms with Crippen LogP contribution in [0.2, 0.25) is 5.02 Å². The Morgan fingerprint density at radius 2 is 1.79 bits per heavy atom. The predicted molar refractivity (Wildman–Crippen MR) is 87.1 cm³/mol. The highest BCUT2D eigenvalue weighted by atomic mass is 79.9. The molecule has 0 amide bonds. The second-order valence-electron chi connectivity index (χ2n) is 4.09. The predicted octanol–water partition coefficient (Wildman–Crippen LogP) is 5.36. The molecule has 0 saturated carbocycles. The van der Waals surface area contributed by atoms with Crippen LogP contribution in [0.1, 0.15) is 12.5 Å². The summed E-state index contributed by atoms with van der Waals surface area (Å²) in [6.45, 7) is 3.98. The van der Waals surface area contributed by atoms with E-state index in [2.05, 4.69) is 46.4 Å². The largest absolute Gasteiger partial charge is 0.313 e. The van der Waals surface area contributed by atoms with Crippen LogP contribution in [0.25, 0.3) is 0 Å². The molecular weight excluding hydrogens is 342 g/mol. The summed E-state index contributed by atoms with van der Waals surface area (Å²) in [5, 5.41) is 4.10. The van der Waals surface area contributed by atoms with Crippen molar-refractivity contribution >= 4 is 39.3 Å². The molecule has 0 saturated heterocycles. The number of nitrogens with one attached hydrogen (secondary N) is 1. The fourth-order valence-electron chi connectivity index (χ4n) is 1.63. The van der Waals surface area contributed by atoms with Crippen LogP contribution in [0, 0.1) is 0 Å². The van der Waals surface area contributed by atoms with Crippen molar-refractivity contribution in [2.45, 2.75) is 23.3 Å². The van der Waals surface area contributed by atoms with Gasteiger partial charge in [-0.25, -0.2) is 0 Å². The molecular formula is C15H15BrClNS. The van der Waals surface area contributed by atoms with Crippen molar-refractivity contribution in [3.8, 4) is 0 Å². The molecule has 1 N–H and O–H groups in total. The standard InChI is InChI=1S/C15H15BrClNS/c1-2-18-10-11-3-6-14(9-15(11)16)19-13-7-4-12(17)5-8-13/h3-9,18H,2,10H2,1H3. The van der Waals surface area contributed by atoms with Gasteiger partial charge in [0.15, 0.2) is 0 Å². The van der Waals surface area contributed by atoms with Gasteiger partial charge in [0.1, 0.15) is 0 Å². The quantitative estimate of drug-likeness (QED) is 0.773. The van der Waals surface area contributed by atoms with E-state index in [1.54, 1.807) is 11.8 Å². The Balaban J connectivity index is 2.09. The summed E-state index contributed by atoms with van der Waals surface area (Å²) in [6, 6.07) is 14.4. The van der Waals surface area contributed by atoms with Gasteiger partial charge in [-0.3, -0.25) is 0 Å². The number of halogens is 2. The van der Waals surface area contributed by atoms with Crippen LogP contribution < -0.4 is 5.32 Å². The van der Waals surface area contributed by atoms with E-state index in [1.165, 1.54) is 15.4 Å². The molecule has 4 heteroatoms. The van der Waals surface area contributed by atoms with Crippen LogP contribution in [0.5, 0.6) is 0 Å². The second-order valence-corrected chi connectivity index (χ2v) is 6.53. The van der Waals surface area contributed by atoms with Crippen LogP contribution >= 0.6 is 39.3 Å². The summed E-state index contributed by atoms with van der Waals surface area (Å²) < 4.78 is 1.15. The van der Waals surface area contributed by atoms with Crippen LogP contribution in [-0.2, 0) is 6.54 Å². The zero-order valence-electron chi connectivity index (χ0n) is 10.6. The van der Waals surface area contributed by atoms with Gasteiger partial charge in [0, 0.05) is 25.8 Å². The minimum atomic E-state index is 0.770. The molecule has 0 fully saturated rings. The van der Waals surface area contributed by atoms with Gasteiger partial charge in [-0.05, 0) is 48.5 Å². The highest BCUT2D eigenvalue weighted by Crippen LogP contribution is 2.31. The van der Waals surface area contributed by atoms with Gasteiger partial charge in [-0.15, -0.1) is 0 Å². The first-order chi connectivity index (χ1) is 9.19. The Morgan fingerprint density at radius 3 is 2.42 bits per heavy atom. The summed E-state index contributed by atoms with van der Waals surface area (Å²) in [5.41, 5.74) is 1.28. The first-order valence-corrected chi connectivity index (χ1v) is 8.10. The summed E-state index contributed by atoms with van der Waals surface area (Å²) >= 11 is 11.2. The van der Waals surface area contributed by atoms with Crippen LogP contribution in [0.15, 0.2) is 56.7 Å². The van der Waals surface area contributed by atoms with Gasteiger partial charge >= 0.3 is 0 Å². The maximum absolute atomic E-state index is 5.89. The van der Waals surface area contributed by atoms with Crippen molar-refractivity contribution in [1.29, 1.82) is 0 Å². The summed E-state index contributed by atoms with van der Waals surface area (Å²) in [4.78, 5) is 2.41. The van der Waals surface area contributed by atoms with E-state index in [1.807, 2.05) is 24.3 Å². The van der Waals surface area contributed by atoms with Crippen molar-refractivity contribution in [3.63, 3.8) is 0 Å². The molecule has 0 spiro atoms. The molecule has 0 heterocycles. The average Bonchev–Trinajstić information content (AvgIpc) is 2.41. The highest BCUT2D eigenvalue weighted by molar-refractivity contribution is 9.10. The lowest BCUT2D eigenvalue weighted by atomic mass is 10.2. The van der Waals surface area contributed by atoms with Crippen molar-refractivity contribution in [3.05, 3.63) is 57.5 Å². The molecule has 19 heavy (non-hydrogen) atoms. The second kappa shape index (κ2) is 7.34. The topological polar surface area (TPSA) is 12.0 Å². The molecule has 0 aliphatic heterocycles. The Labute approximate surface area is 131 Å². The molecule has 100 valence electrons. The van der Waals surface area contributed by atoms with E-state index in [0.717, 1.165) is 22.6 Å². The third kappa shape index (κ3) is 4.53. The van der Waals surface area contributed by atoms with Crippen LogP contribution in [-0.4, -0.2) is 6.54 Å². The molecule has 2 aromatic rings. The number of hydrogen-bond donors (Lipinski definition) is 1. The molecule has 2 aromatic carbocycles. The molecule has 1 nitrogen and oxygen atoms in total. The average molecular weight is 357 g/mol. The maximum atomic E-state index is 5.89. The Kier molecular flexibility index (Phi) is 5.76. The lowest BCUT2D eigenvalue weighted by Crippen LogP contribution is -2.11. The molecule has 0 radical (unpaired) electrons. The minimum absolute atomic E-state index is 0.770. The molecule has 0 aliphatic carbocycles.